The van der Waals surface area contributed by atoms with Gasteiger partial charge in [-0.25, -0.2) is 4.79 Å². The Kier molecular flexibility index (Phi) is 4.60. The number of alkyl carbamates (subject to hydrolysis) is 1. The van der Waals surface area contributed by atoms with Crippen molar-refractivity contribution in [3.05, 3.63) is 34.0 Å². The molecule has 0 saturated heterocycles. The Morgan fingerprint density at radius 2 is 1.96 bits per heavy atom. The third-order valence-electron chi connectivity index (χ3n) is 3.40. The molecule has 1 aliphatic carbocycles. The molecule has 0 fully saturated rings. The molecule has 0 bridgehead atoms. The number of aromatic amines is 1. The number of nitrogens with one attached hydrogen (secondary N) is 2. The molecule has 1 aromatic rings. The van der Waals surface area contributed by atoms with Crippen molar-refractivity contribution in [1.82, 2.24) is 10.3 Å². The highest BCUT2D eigenvalue weighted by Crippen LogP contribution is 2.22. The monoisotopic (exact) mass is 331 g/mol. The Bertz CT molecular complexity index is 808. The Morgan fingerprint density at radius 1 is 1.29 bits per heavy atom. The highest BCUT2D eigenvalue weighted by atomic mass is 16.6. The number of carbonyl (C=O) groups is 2. The third-order valence-corrected chi connectivity index (χ3v) is 3.40. The molecular weight excluding hydrogens is 306 g/mol. The predicted octanol–water partition coefficient (Wildman–Crippen LogP) is 1.17. The number of amides is 2. The van der Waals surface area contributed by atoms with Gasteiger partial charge in [-0.1, -0.05) is 26.0 Å². The summed E-state index contributed by atoms with van der Waals surface area (Å²) in [5.74, 6) is -0.500. The lowest BCUT2D eigenvalue weighted by atomic mass is 9.90. The van der Waals surface area contributed by atoms with Gasteiger partial charge in [0, 0.05) is 17.3 Å². The van der Waals surface area contributed by atoms with Crippen LogP contribution in [-0.4, -0.2) is 29.1 Å². The average Bonchev–Trinajstić information content (AvgIpc) is 2.71. The van der Waals surface area contributed by atoms with Gasteiger partial charge in [-0.3, -0.25) is 4.79 Å². The minimum absolute atomic E-state index is 0.232. The van der Waals surface area contributed by atoms with Gasteiger partial charge in [-0.05, 0) is 43.7 Å². The molecular formula is C18H25N3O3. The zero-order chi connectivity index (χ0) is 18.1. The largest absolute Gasteiger partial charge is 0.444 e. The number of H-pyrrole nitrogens is 1. The summed E-state index contributed by atoms with van der Waals surface area (Å²) in [6, 6.07) is 1.74. The topological polar surface area (TPSA) is 97.2 Å². The normalized spacial score (nSPS) is 16.0. The van der Waals surface area contributed by atoms with Crippen molar-refractivity contribution in [2.75, 3.05) is 6.54 Å². The first-order valence-corrected chi connectivity index (χ1v) is 7.87. The fraction of sp³-hybridized carbons (Fsp3) is 0.444. The van der Waals surface area contributed by atoms with Gasteiger partial charge in [0.2, 0.25) is 0 Å². The summed E-state index contributed by atoms with van der Waals surface area (Å²) in [6.45, 7) is 9.89. The number of aromatic nitrogens is 1. The van der Waals surface area contributed by atoms with E-state index in [-0.39, 0.29) is 5.41 Å². The van der Waals surface area contributed by atoms with Crippen LogP contribution in [-0.2, 0) is 4.74 Å². The molecule has 1 aliphatic rings. The molecule has 6 heteroatoms. The lowest BCUT2D eigenvalue weighted by Gasteiger charge is -2.20. The summed E-state index contributed by atoms with van der Waals surface area (Å²) in [5, 5.41) is 4.47. The molecule has 1 aromatic heterocycles. The molecule has 0 saturated carbocycles. The van der Waals surface area contributed by atoms with E-state index in [1.54, 1.807) is 6.07 Å². The van der Waals surface area contributed by atoms with Gasteiger partial charge < -0.3 is 20.8 Å². The zero-order valence-electron chi connectivity index (χ0n) is 14.8. The number of fused-ring (bicyclic) bond motifs is 1. The summed E-state index contributed by atoms with van der Waals surface area (Å²) in [6.07, 6.45) is 5.57. The number of carbonyl (C=O) groups excluding carboxylic acids is 2. The van der Waals surface area contributed by atoms with Crippen molar-refractivity contribution in [2.24, 2.45) is 11.1 Å². The van der Waals surface area contributed by atoms with Crippen LogP contribution in [0.15, 0.2) is 17.7 Å². The van der Waals surface area contributed by atoms with Gasteiger partial charge in [-0.15, -0.1) is 0 Å². The van der Waals surface area contributed by atoms with E-state index in [1.165, 1.54) is 0 Å². The van der Waals surface area contributed by atoms with E-state index in [0.29, 0.717) is 12.2 Å². The van der Waals surface area contributed by atoms with Crippen molar-refractivity contribution in [2.45, 2.75) is 40.2 Å². The Balaban J connectivity index is 2.26. The second-order valence-corrected chi connectivity index (χ2v) is 7.60. The molecule has 0 radical (unpaired) electrons. The number of rotatable bonds is 3. The van der Waals surface area contributed by atoms with E-state index in [1.807, 2.05) is 26.8 Å². The van der Waals surface area contributed by atoms with E-state index in [9.17, 15) is 9.59 Å². The van der Waals surface area contributed by atoms with Crippen molar-refractivity contribution in [3.8, 4) is 0 Å². The first-order valence-electron chi connectivity index (χ1n) is 7.87. The summed E-state index contributed by atoms with van der Waals surface area (Å²) in [4.78, 5) is 26.2. The van der Waals surface area contributed by atoms with Crippen molar-refractivity contribution in [1.29, 1.82) is 0 Å². The summed E-state index contributed by atoms with van der Waals surface area (Å²) in [7, 11) is 0. The predicted molar refractivity (Wildman–Crippen MR) is 93.6 cm³/mol. The molecule has 2 rings (SSSR count). The van der Waals surface area contributed by atoms with Crippen molar-refractivity contribution < 1.29 is 14.3 Å². The first kappa shape index (κ1) is 17.8. The molecule has 130 valence electrons. The number of hydrogen-bond donors (Lipinski definition) is 3. The Labute approximate surface area is 141 Å². The molecule has 24 heavy (non-hydrogen) atoms. The van der Waals surface area contributed by atoms with Gasteiger partial charge in [-0.2, -0.15) is 0 Å². The van der Waals surface area contributed by atoms with Crippen LogP contribution in [0.3, 0.4) is 0 Å². The van der Waals surface area contributed by atoms with E-state index in [2.05, 4.69) is 36.3 Å². The molecule has 1 heterocycles. The lowest BCUT2D eigenvalue weighted by Crippen LogP contribution is -2.33. The van der Waals surface area contributed by atoms with Crippen molar-refractivity contribution in [3.63, 3.8) is 0 Å². The van der Waals surface area contributed by atoms with Crippen molar-refractivity contribution >= 4 is 24.2 Å². The highest BCUT2D eigenvalue weighted by Gasteiger charge is 2.18. The molecule has 6 nitrogen and oxygen atoms in total. The standard InChI is InChI=1S/C18H25N3O3/c1-17(2,3)24-16(23)20-10-11-6-13-12(9-18(4,5)8-11)7-14(21-13)15(19)22/h6-9,21H,10H2,1-5H3,(H2,19,22)(H,20,23). The van der Waals surface area contributed by atoms with E-state index < -0.39 is 17.6 Å². The van der Waals surface area contributed by atoms with Gasteiger partial charge in [0.05, 0.1) is 0 Å². The maximum Gasteiger partial charge on any atom is 0.407 e. The van der Waals surface area contributed by atoms with E-state index >= 15 is 0 Å². The second-order valence-electron chi connectivity index (χ2n) is 7.60. The van der Waals surface area contributed by atoms with Gasteiger partial charge in [0.25, 0.3) is 5.91 Å². The fourth-order valence-electron chi connectivity index (χ4n) is 2.60. The number of primary amides is 1. The van der Waals surface area contributed by atoms with Gasteiger partial charge in [0.1, 0.15) is 11.3 Å². The molecule has 2 amide bonds. The summed E-state index contributed by atoms with van der Waals surface area (Å²) < 4.78 is 5.25. The van der Waals surface area contributed by atoms with Crippen LogP contribution in [0.2, 0.25) is 0 Å². The first-order chi connectivity index (χ1) is 11.0. The third kappa shape index (κ3) is 4.75. The number of hydrogen-bond acceptors (Lipinski definition) is 3. The van der Waals surface area contributed by atoms with Crippen LogP contribution in [0.4, 0.5) is 4.79 Å². The number of ether oxygens (including phenoxy) is 1. The van der Waals surface area contributed by atoms with Crippen LogP contribution in [0.5, 0.6) is 0 Å². The maximum atomic E-state index is 11.8. The average molecular weight is 331 g/mol. The van der Waals surface area contributed by atoms with Crippen LogP contribution in [0.25, 0.3) is 12.2 Å². The lowest BCUT2D eigenvalue weighted by molar-refractivity contribution is 0.0533. The molecule has 0 atom stereocenters. The van der Waals surface area contributed by atoms with Gasteiger partial charge in [0.15, 0.2) is 0 Å². The fourth-order valence-corrected chi connectivity index (χ4v) is 2.60. The molecule has 0 unspecified atom stereocenters. The Morgan fingerprint density at radius 3 is 2.54 bits per heavy atom. The SMILES string of the molecule is CC1(C)C=C(CNC(=O)OC(C)(C)C)C=c2[nH]c(C(N)=O)cc2=C1. The number of nitrogens with two attached hydrogens (primary N) is 1. The van der Waals surface area contributed by atoms with Crippen LogP contribution in [0.1, 0.15) is 45.1 Å². The van der Waals surface area contributed by atoms with Crippen LogP contribution in [0, 0.1) is 5.41 Å². The van der Waals surface area contributed by atoms with E-state index in [0.717, 1.165) is 16.1 Å². The highest BCUT2D eigenvalue weighted by molar-refractivity contribution is 5.91. The molecule has 0 aromatic carbocycles. The quantitative estimate of drug-likeness (QED) is 0.775. The molecule has 0 spiro atoms. The van der Waals surface area contributed by atoms with Crippen LogP contribution >= 0.6 is 0 Å². The molecule has 0 aliphatic heterocycles. The Hall–Kier alpha value is -2.50. The molecule has 4 N–H and O–H groups in total. The minimum Gasteiger partial charge on any atom is -0.444 e. The smallest absolute Gasteiger partial charge is 0.407 e. The van der Waals surface area contributed by atoms with E-state index in [4.69, 9.17) is 10.5 Å². The van der Waals surface area contributed by atoms with Gasteiger partial charge >= 0.3 is 6.09 Å². The number of allylic oxidation sites excluding steroid dienone is 1. The van der Waals surface area contributed by atoms with Crippen LogP contribution < -0.4 is 21.6 Å². The summed E-state index contributed by atoms with van der Waals surface area (Å²) in [5.41, 5.74) is 5.85. The minimum atomic E-state index is -0.540. The second kappa shape index (κ2) is 6.19. The maximum absolute atomic E-state index is 11.8. The summed E-state index contributed by atoms with van der Waals surface area (Å²) >= 11 is 0. The zero-order valence-corrected chi connectivity index (χ0v) is 14.8.